The van der Waals surface area contributed by atoms with Crippen LogP contribution in [0.3, 0.4) is 0 Å². The third kappa shape index (κ3) is 2.85. The Kier molecular flexibility index (Phi) is 3.44. The highest BCUT2D eigenvalue weighted by Crippen LogP contribution is 2.19. The van der Waals surface area contributed by atoms with Crippen molar-refractivity contribution >= 4 is 17.2 Å². The molecule has 0 saturated carbocycles. The van der Waals surface area contributed by atoms with E-state index in [0.717, 1.165) is 4.88 Å². The maximum Gasteiger partial charge on any atom is 0.251 e. The number of rotatable bonds is 3. The number of hydrogen-bond donors (Lipinski definition) is 2. The minimum atomic E-state index is -0.133. The molecule has 1 atom stereocenters. The molecule has 1 amide bonds. The first-order valence-electron chi connectivity index (χ1n) is 5.30. The summed E-state index contributed by atoms with van der Waals surface area (Å²) in [5, 5.41) is 14.0. The number of phenolic OH excluding ortho intramolecular Hbond substituents is 1. The number of carbonyl (C=O) groups is 1. The number of benzene rings is 1. The Bertz CT molecular complexity index is 491. The standard InChI is InChI=1S/C13H13NO2S/c1-9(12-3-2-8-17-12)14-13(16)10-4-6-11(15)7-5-10/h2-9,15H,1H3,(H,14,16). The molecule has 2 N–H and O–H groups in total. The second-order valence-electron chi connectivity index (χ2n) is 3.76. The molecule has 4 heteroatoms. The van der Waals surface area contributed by atoms with Crippen LogP contribution in [0.25, 0.3) is 0 Å². The van der Waals surface area contributed by atoms with E-state index in [-0.39, 0.29) is 17.7 Å². The highest BCUT2D eigenvalue weighted by molar-refractivity contribution is 7.10. The molecule has 0 radical (unpaired) electrons. The SMILES string of the molecule is CC(NC(=O)c1ccc(O)cc1)c1cccs1. The molecule has 1 aromatic heterocycles. The van der Waals surface area contributed by atoms with E-state index in [9.17, 15) is 4.79 Å². The third-order valence-corrected chi connectivity index (χ3v) is 3.50. The quantitative estimate of drug-likeness (QED) is 0.876. The summed E-state index contributed by atoms with van der Waals surface area (Å²) in [5.41, 5.74) is 0.547. The molecule has 0 fully saturated rings. The van der Waals surface area contributed by atoms with Crippen LogP contribution in [0.1, 0.15) is 28.2 Å². The minimum Gasteiger partial charge on any atom is -0.508 e. The molecule has 2 rings (SSSR count). The fourth-order valence-corrected chi connectivity index (χ4v) is 2.24. The Morgan fingerprint density at radius 2 is 2.00 bits per heavy atom. The second-order valence-corrected chi connectivity index (χ2v) is 4.74. The third-order valence-electron chi connectivity index (χ3n) is 2.45. The van der Waals surface area contributed by atoms with E-state index < -0.39 is 0 Å². The topological polar surface area (TPSA) is 49.3 Å². The summed E-state index contributed by atoms with van der Waals surface area (Å²) in [5.74, 6) is 0.0266. The largest absolute Gasteiger partial charge is 0.508 e. The van der Waals surface area contributed by atoms with Gasteiger partial charge in [0.15, 0.2) is 0 Å². The average molecular weight is 247 g/mol. The van der Waals surface area contributed by atoms with Crippen LogP contribution < -0.4 is 5.32 Å². The lowest BCUT2D eigenvalue weighted by molar-refractivity contribution is 0.0940. The predicted molar refractivity (Wildman–Crippen MR) is 68.3 cm³/mol. The molecule has 1 unspecified atom stereocenters. The number of amides is 1. The van der Waals surface area contributed by atoms with Crippen LogP contribution in [0.4, 0.5) is 0 Å². The zero-order valence-electron chi connectivity index (χ0n) is 9.38. The first-order valence-corrected chi connectivity index (χ1v) is 6.18. The van der Waals surface area contributed by atoms with Crippen molar-refractivity contribution < 1.29 is 9.90 Å². The molecule has 0 aliphatic carbocycles. The van der Waals surface area contributed by atoms with E-state index in [1.807, 2.05) is 24.4 Å². The molecule has 3 nitrogen and oxygen atoms in total. The van der Waals surface area contributed by atoms with Crippen molar-refractivity contribution in [3.8, 4) is 5.75 Å². The molecule has 1 heterocycles. The van der Waals surface area contributed by atoms with Crippen LogP contribution in [-0.2, 0) is 0 Å². The molecular formula is C13H13NO2S. The van der Waals surface area contributed by atoms with Crippen LogP contribution in [0, 0.1) is 0 Å². The Morgan fingerprint density at radius 3 is 2.59 bits per heavy atom. The van der Waals surface area contributed by atoms with Gasteiger partial charge in [-0.2, -0.15) is 0 Å². The number of carbonyl (C=O) groups excluding carboxylic acids is 1. The molecular weight excluding hydrogens is 234 g/mol. The maximum absolute atomic E-state index is 11.9. The van der Waals surface area contributed by atoms with E-state index in [1.54, 1.807) is 23.5 Å². The average Bonchev–Trinajstić information content (AvgIpc) is 2.83. The number of hydrogen-bond acceptors (Lipinski definition) is 3. The first-order chi connectivity index (χ1) is 8.16. The zero-order valence-corrected chi connectivity index (χ0v) is 10.2. The highest BCUT2D eigenvalue weighted by Gasteiger charge is 2.11. The van der Waals surface area contributed by atoms with Crippen LogP contribution in [-0.4, -0.2) is 11.0 Å². The fraction of sp³-hybridized carbons (Fsp3) is 0.154. The molecule has 1 aromatic carbocycles. The van der Waals surface area contributed by atoms with Crippen molar-refractivity contribution in [2.45, 2.75) is 13.0 Å². The van der Waals surface area contributed by atoms with E-state index >= 15 is 0 Å². The van der Waals surface area contributed by atoms with Gasteiger partial charge >= 0.3 is 0 Å². The van der Waals surface area contributed by atoms with Gasteiger partial charge in [-0.1, -0.05) is 6.07 Å². The van der Waals surface area contributed by atoms with Gasteiger partial charge in [0.1, 0.15) is 5.75 Å². The Labute approximate surface area is 104 Å². The van der Waals surface area contributed by atoms with E-state index in [1.165, 1.54) is 12.1 Å². The first kappa shape index (κ1) is 11.7. The summed E-state index contributed by atoms with van der Waals surface area (Å²) in [4.78, 5) is 13.0. The molecule has 0 bridgehead atoms. The number of aromatic hydroxyl groups is 1. The van der Waals surface area contributed by atoms with Crippen molar-refractivity contribution in [3.05, 3.63) is 52.2 Å². The summed E-state index contributed by atoms with van der Waals surface area (Å²) in [7, 11) is 0. The van der Waals surface area contributed by atoms with E-state index in [0.29, 0.717) is 5.56 Å². The predicted octanol–water partition coefficient (Wildman–Crippen LogP) is 2.94. The zero-order chi connectivity index (χ0) is 12.3. The van der Waals surface area contributed by atoms with Crippen molar-refractivity contribution in [2.24, 2.45) is 0 Å². The molecule has 17 heavy (non-hydrogen) atoms. The Morgan fingerprint density at radius 1 is 1.29 bits per heavy atom. The summed E-state index contributed by atoms with van der Waals surface area (Å²) in [6, 6.07) is 10.2. The number of phenols is 1. The number of thiophene rings is 1. The smallest absolute Gasteiger partial charge is 0.251 e. The second kappa shape index (κ2) is 5.01. The van der Waals surface area contributed by atoms with Crippen molar-refractivity contribution in [1.29, 1.82) is 0 Å². The summed E-state index contributed by atoms with van der Waals surface area (Å²) in [6.07, 6.45) is 0. The normalized spacial score (nSPS) is 12.1. The van der Waals surface area contributed by atoms with Gasteiger partial charge in [0.25, 0.3) is 5.91 Å². The lowest BCUT2D eigenvalue weighted by Crippen LogP contribution is -2.25. The van der Waals surface area contributed by atoms with Gasteiger partial charge in [0.05, 0.1) is 6.04 Å². The fourth-order valence-electron chi connectivity index (χ4n) is 1.50. The highest BCUT2D eigenvalue weighted by atomic mass is 32.1. The molecule has 0 aliphatic heterocycles. The summed E-state index contributed by atoms with van der Waals surface area (Å²) >= 11 is 1.62. The maximum atomic E-state index is 11.9. The Balaban J connectivity index is 2.04. The van der Waals surface area contributed by atoms with E-state index in [4.69, 9.17) is 5.11 Å². The van der Waals surface area contributed by atoms with Gasteiger partial charge < -0.3 is 10.4 Å². The summed E-state index contributed by atoms with van der Waals surface area (Å²) in [6.45, 7) is 1.95. The molecule has 88 valence electrons. The lowest BCUT2D eigenvalue weighted by atomic mass is 10.2. The molecule has 2 aromatic rings. The van der Waals surface area contributed by atoms with Crippen molar-refractivity contribution in [3.63, 3.8) is 0 Å². The van der Waals surface area contributed by atoms with Gasteiger partial charge in [0.2, 0.25) is 0 Å². The van der Waals surface area contributed by atoms with Crippen molar-refractivity contribution in [2.75, 3.05) is 0 Å². The minimum absolute atomic E-state index is 0.00342. The monoisotopic (exact) mass is 247 g/mol. The molecule has 0 saturated heterocycles. The lowest BCUT2D eigenvalue weighted by Gasteiger charge is -2.12. The van der Waals surface area contributed by atoms with E-state index in [2.05, 4.69) is 5.32 Å². The molecule has 0 aliphatic rings. The molecule has 0 spiro atoms. The van der Waals surface area contributed by atoms with Crippen LogP contribution in [0.2, 0.25) is 0 Å². The van der Waals surface area contributed by atoms with Gasteiger partial charge in [0, 0.05) is 10.4 Å². The van der Waals surface area contributed by atoms with Crippen LogP contribution in [0.15, 0.2) is 41.8 Å². The Hall–Kier alpha value is -1.81. The number of nitrogens with one attached hydrogen (secondary N) is 1. The van der Waals surface area contributed by atoms with Gasteiger partial charge in [-0.3, -0.25) is 4.79 Å². The summed E-state index contributed by atoms with van der Waals surface area (Å²) < 4.78 is 0. The van der Waals surface area contributed by atoms with Crippen molar-refractivity contribution in [1.82, 2.24) is 5.32 Å². The van der Waals surface area contributed by atoms with Gasteiger partial charge in [-0.25, -0.2) is 0 Å². The van der Waals surface area contributed by atoms with Gasteiger partial charge in [-0.15, -0.1) is 11.3 Å². The van der Waals surface area contributed by atoms with Crippen LogP contribution in [0.5, 0.6) is 5.75 Å². The van der Waals surface area contributed by atoms with Crippen LogP contribution >= 0.6 is 11.3 Å². The van der Waals surface area contributed by atoms with Gasteiger partial charge in [-0.05, 0) is 42.6 Å².